The monoisotopic (exact) mass is 338 g/mol. The first-order valence-corrected chi connectivity index (χ1v) is 9.02. The van der Waals surface area contributed by atoms with E-state index in [1.807, 2.05) is 43.6 Å². The number of primary amides is 1. The molecule has 0 spiro atoms. The average Bonchev–Trinajstić information content (AvgIpc) is 2.55. The van der Waals surface area contributed by atoms with Crippen molar-refractivity contribution in [1.29, 1.82) is 0 Å². The number of para-hydroxylation sites is 1. The standard InChI is InChI=1S/C16H26N4O2S/c1-20(13-7-4-3-5-8-13)11-6-10-18-15(21)14(9-12-23-2)19-16(17)22/h3-5,7-8,14H,6,9-12H2,1-2H3,(H,18,21)(H3,17,19,22). The summed E-state index contributed by atoms with van der Waals surface area (Å²) in [6.45, 7) is 1.40. The van der Waals surface area contributed by atoms with Crippen molar-refractivity contribution in [3.63, 3.8) is 0 Å². The van der Waals surface area contributed by atoms with E-state index >= 15 is 0 Å². The zero-order chi connectivity index (χ0) is 17.1. The smallest absolute Gasteiger partial charge is 0.312 e. The predicted octanol–water partition coefficient (Wildman–Crippen LogP) is 1.42. The molecule has 0 aromatic heterocycles. The summed E-state index contributed by atoms with van der Waals surface area (Å²) in [5.41, 5.74) is 6.26. The normalized spacial score (nSPS) is 11.6. The highest BCUT2D eigenvalue weighted by molar-refractivity contribution is 7.98. The van der Waals surface area contributed by atoms with E-state index in [9.17, 15) is 9.59 Å². The van der Waals surface area contributed by atoms with Gasteiger partial charge in [-0.3, -0.25) is 4.79 Å². The first kappa shape index (κ1) is 19.2. The second-order valence-corrected chi connectivity index (χ2v) is 6.23. The lowest BCUT2D eigenvalue weighted by atomic mass is 10.2. The van der Waals surface area contributed by atoms with Crippen molar-refractivity contribution < 1.29 is 9.59 Å². The third-order valence-corrected chi connectivity index (χ3v) is 4.05. The molecule has 0 bridgehead atoms. The molecule has 0 fully saturated rings. The minimum absolute atomic E-state index is 0.180. The number of nitrogens with two attached hydrogens (primary N) is 1. The van der Waals surface area contributed by atoms with Crippen LogP contribution in [0.3, 0.4) is 0 Å². The Bertz CT molecular complexity index is 484. The third kappa shape index (κ3) is 7.78. The summed E-state index contributed by atoms with van der Waals surface area (Å²) in [6.07, 6.45) is 3.35. The van der Waals surface area contributed by atoms with Gasteiger partial charge < -0.3 is 21.3 Å². The van der Waals surface area contributed by atoms with Crippen molar-refractivity contribution in [2.24, 2.45) is 5.73 Å². The summed E-state index contributed by atoms with van der Waals surface area (Å²) in [5, 5.41) is 5.35. The van der Waals surface area contributed by atoms with Crippen LogP contribution in [0.5, 0.6) is 0 Å². The second-order valence-electron chi connectivity index (χ2n) is 5.24. The summed E-state index contributed by atoms with van der Waals surface area (Å²) in [5.74, 6) is 0.606. The maximum atomic E-state index is 12.1. The number of urea groups is 1. The Balaban J connectivity index is 2.32. The lowest BCUT2D eigenvalue weighted by Crippen LogP contribution is -2.49. The van der Waals surface area contributed by atoms with Gasteiger partial charge in [0.25, 0.3) is 0 Å². The molecule has 7 heteroatoms. The number of rotatable bonds is 10. The molecule has 1 unspecified atom stereocenters. The number of nitrogens with one attached hydrogen (secondary N) is 2. The molecule has 0 saturated carbocycles. The topological polar surface area (TPSA) is 87.5 Å². The molecule has 3 amide bonds. The van der Waals surface area contributed by atoms with Gasteiger partial charge in [0.1, 0.15) is 6.04 Å². The van der Waals surface area contributed by atoms with Crippen LogP contribution in [0, 0.1) is 0 Å². The van der Waals surface area contributed by atoms with Crippen LogP contribution in [0.25, 0.3) is 0 Å². The Kier molecular flexibility index (Phi) is 8.97. The van der Waals surface area contributed by atoms with Gasteiger partial charge in [-0.25, -0.2) is 4.79 Å². The number of hydrogen-bond acceptors (Lipinski definition) is 4. The molecule has 0 heterocycles. The third-order valence-electron chi connectivity index (χ3n) is 3.41. The molecule has 1 aromatic carbocycles. The molecule has 0 radical (unpaired) electrons. The summed E-state index contributed by atoms with van der Waals surface area (Å²) < 4.78 is 0. The van der Waals surface area contributed by atoms with Crippen LogP contribution in [-0.4, -0.2) is 50.1 Å². The SMILES string of the molecule is CSCCC(NC(N)=O)C(=O)NCCCN(C)c1ccccc1. The highest BCUT2D eigenvalue weighted by atomic mass is 32.2. The average molecular weight is 338 g/mol. The number of amides is 3. The lowest BCUT2D eigenvalue weighted by molar-refractivity contribution is -0.122. The van der Waals surface area contributed by atoms with Gasteiger partial charge in [-0.2, -0.15) is 11.8 Å². The summed E-state index contributed by atoms with van der Waals surface area (Å²) in [7, 11) is 2.02. The molecule has 1 aromatic rings. The Morgan fingerprint density at radius 1 is 1.30 bits per heavy atom. The van der Waals surface area contributed by atoms with E-state index in [-0.39, 0.29) is 5.91 Å². The molecule has 0 saturated heterocycles. The molecule has 128 valence electrons. The van der Waals surface area contributed by atoms with E-state index < -0.39 is 12.1 Å². The van der Waals surface area contributed by atoms with Crippen LogP contribution in [0.1, 0.15) is 12.8 Å². The van der Waals surface area contributed by atoms with Crippen molar-refractivity contribution in [2.45, 2.75) is 18.9 Å². The molecule has 6 nitrogen and oxygen atoms in total. The van der Waals surface area contributed by atoms with E-state index in [0.29, 0.717) is 13.0 Å². The quantitative estimate of drug-likeness (QED) is 0.563. The van der Waals surface area contributed by atoms with Crippen molar-refractivity contribution in [2.75, 3.05) is 37.0 Å². The van der Waals surface area contributed by atoms with Gasteiger partial charge in [0.2, 0.25) is 5.91 Å². The Hall–Kier alpha value is -1.89. The van der Waals surface area contributed by atoms with Gasteiger partial charge in [0, 0.05) is 25.8 Å². The van der Waals surface area contributed by atoms with E-state index in [1.54, 1.807) is 11.8 Å². The Morgan fingerprint density at radius 2 is 2.00 bits per heavy atom. The fourth-order valence-electron chi connectivity index (χ4n) is 2.14. The van der Waals surface area contributed by atoms with E-state index in [2.05, 4.69) is 15.5 Å². The maximum absolute atomic E-state index is 12.1. The van der Waals surface area contributed by atoms with E-state index in [1.165, 1.54) is 0 Å². The first-order valence-electron chi connectivity index (χ1n) is 7.63. The summed E-state index contributed by atoms with van der Waals surface area (Å²) in [6, 6.07) is 8.85. The van der Waals surface area contributed by atoms with Crippen LogP contribution in [0.4, 0.5) is 10.5 Å². The molecule has 0 aliphatic rings. The Labute approximate surface area is 142 Å². The highest BCUT2D eigenvalue weighted by Crippen LogP contribution is 2.10. The van der Waals surface area contributed by atoms with Crippen LogP contribution in [-0.2, 0) is 4.79 Å². The van der Waals surface area contributed by atoms with E-state index in [0.717, 1.165) is 24.4 Å². The fourth-order valence-corrected chi connectivity index (χ4v) is 2.61. The van der Waals surface area contributed by atoms with Crippen LogP contribution < -0.4 is 21.3 Å². The lowest BCUT2D eigenvalue weighted by Gasteiger charge is -2.20. The van der Waals surface area contributed by atoms with Crippen molar-refractivity contribution >= 4 is 29.4 Å². The number of anilines is 1. The number of carbonyl (C=O) groups is 2. The van der Waals surface area contributed by atoms with Crippen LogP contribution in [0.2, 0.25) is 0 Å². The van der Waals surface area contributed by atoms with Crippen molar-refractivity contribution in [3.8, 4) is 0 Å². The minimum Gasteiger partial charge on any atom is -0.375 e. The molecule has 0 aliphatic heterocycles. The molecule has 0 aliphatic carbocycles. The number of nitrogens with zero attached hydrogens (tertiary/aromatic N) is 1. The van der Waals surface area contributed by atoms with Gasteiger partial charge in [-0.1, -0.05) is 18.2 Å². The molecular weight excluding hydrogens is 312 g/mol. The molecular formula is C16H26N4O2S. The zero-order valence-corrected chi connectivity index (χ0v) is 14.6. The fraction of sp³-hybridized carbons (Fsp3) is 0.500. The number of carbonyl (C=O) groups excluding carboxylic acids is 2. The largest absolute Gasteiger partial charge is 0.375 e. The summed E-state index contributed by atoms with van der Waals surface area (Å²) >= 11 is 1.63. The van der Waals surface area contributed by atoms with Gasteiger partial charge in [0.15, 0.2) is 0 Å². The van der Waals surface area contributed by atoms with Gasteiger partial charge in [0.05, 0.1) is 0 Å². The highest BCUT2D eigenvalue weighted by Gasteiger charge is 2.18. The number of hydrogen-bond donors (Lipinski definition) is 3. The van der Waals surface area contributed by atoms with Gasteiger partial charge in [-0.05, 0) is 37.0 Å². The Morgan fingerprint density at radius 3 is 2.61 bits per heavy atom. The minimum atomic E-state index is -0.671. The first-order chi connectivity index (χ1) is 11.0. The summed E-state index contributed by atoms with van der Waals surface area (Å²) in [4.78, 5) is 25.2. The van der Waals surface area contributed by atoms with E-state index in [4.69, 9.17) is 5.73 Å². The molecule has 4 N–H and O–H groups in total. The predicted molar refractivity (Wildman–Crippen MR) is 96.8 cm³/mol. The van der Waals surface area contributed by atoms with Gasteiger partial charge >= 0.3 is 6.03 Å². The maximum Gasteiger partial charge on any atom is 0.312 e. The molecule has 23 heavy (non-hydrogen) atoms. The van der Waals surface area contributed by atoms with Crippen LogP contribution in [0.15, 0.2) is 30.3 Å². The molecule has 1 rings (SSSR count). The van der Waals surface area contributed by atoms with Crippen molar-refractivity contribution in [1.82, 2.24) is 10.6 Å². The second kappa shape index (κ2) is 10.8. The van der Waals surface area contributed by atoms with Crippen LogP contribution >= 0.6 is 11.8 Å². The van der Waals surface area contributed by atoms with Crippen molar-refractivity contribution in [3.05, 3.63) is 30.3 Å². The number of benzene rings is 1. The van der Waals surface area contributed by atoms with Gasteiger partial charge in [-0.15, -0.1) is 0 Å². The number of thioether (sulfide) groups is 1. The molecule has 1 atom stereocenters. The zero-order valence-electron chi connectivity index (χ0n) is 13.7.